The number of hydrogen-bond donors (Lipinski definition) is 5. The molecule has 18 heteroatoms. The number of methoxy groups -OCH3 is 1. The maximum Gasteiger partial charge on any atom is 0.325 e. The van der Waals surface area contributed by atoms with Gasteiger partial charge in [0.1, 0.15) is 12.2 Å². The third-order valence-corrected chi connectivity index (χ3v) is 6.81. The van der Waals surface area contributed by atoms with E-state index in [1.807, 2.05) is 0 Å². The molecular weight excluding hydrogens is 577 g/mol. The van der Waals surface area contributed by atoms with Crippen LogP contribution in [0.4, 0.5) is 5.82 Å². The van der Waals surface area contributed by atoms with Gasteiger partial charge in [-0.2, -0.15) is 9.97 Å². The minimum atomic E-state index is -4.30. The van der Waals surface area contributed by atoms with Gasteiger partial charge in [-0.15, -0.1) is 0 Å². The summed E-state index contributed by atoms with van der Waals surface area (Å²) in [6.07, 6.45) is -4.09. The third-order valence-electron chi connectivity index (χ3n) is 5.80. The molecule has 16 nitrogen and oxygen atoms in total. The quantitative estimate of drug-likeness (QED) is 0.0743. The Kier molecular flexibility index (Phi) is 13.8. The van der Waals surface area contributed by atoms with Gasteiger partial charge < -0.3 is 53.7 Å². The summed E-state index contributed by atoms with van der Waals surface area (Å²) >= 11 is 6.11. The van der Waals surface area contributed by atoms with E-state index in [0.29, 0.717) is 77.3 Å². The van der Waals surface area contributed by atoms with Crippen LogP contribution in [-0.2, 0) is 33.0 Å². The molecule has 2 aromatic heterocycles. The van der Waals surface area contributed by atoms with Gasteiger partial charge in [-0.1, -0.05) is 0 Å². The number of ether oxygens (including phenoxy) is 6. The van der Waals surface area contributed by atoms with Crippen molar-refractivity contribution in [2.75, 3.05) is 84.6 Å². The maximum atomic E-state index is 11.2. The summed E-state index contributed by atoms with van der Waals surface area (Å²) in [6.45, 7) is 4.52. The van der Waals surface area contributed by atoms with Gasteiger partial charge in [-0.3, -0.25) is 9.13 Å². The molecule has 3 heterocycles. The zero-order chi connectivity index (χ0) is 29.0. The predicted molar refractivity (Wildman–Crippen MR) is 141 cm³/mol. The molecule has 0 bridgehead atoms. The van der Waals surface area contributed by atoms with Gasteiger partial charge >= 0.3 is 7.60 Å². The minimum absolute atomic E-state index is 0.0825. The van der Waals surface area contributed by atoms with E-state index < -0.39 is 38.3 Å². The van der Waals surface area contributed by atoms with E-state index in [4.69, 9.17) is 49.8 Å². The molecule has 4 atom stereocenters. The Bertz CT molecular complexity index is 1080. The minimum Gasteiger partial charge on any atom is -0.388 e. The first-order chi connectivity index (χ1) is 19.2. The third kappa shape index (κ3) is 10.4. The van der Waals surface area contributed by atoms with Crippen LogP contribution in [0, 0.1) is 0 Å². The fourth-order valence-electron chi connectivity index (χ4n) is 3.84. The number of imidazole rings is 1. The van der Waals surface area contributed by atoms with E-state index in [0.717, 1.165) is 0 Å². The molecule has 1 saturated heterocycles. The van der Waals surface area contributed by atoms with Gasteiger partial charge in [0, 0.05) is 13.7 Å². The summed E-state index contributed by atoms with van der Waals surface area (Å²) in [6, 6.07) is 0. The molecule has 2 unspecified atom stereocenters. The van der Waals surface area contributed by atoms with E-state index >= 15 is 0 Å². The second kappa shape index (κ2) is 16.8. The van der Waals surface area contributed by atoms with E-state index in [9.17, 15) is 14.8 Å². The van der Waals surface area contributed by atoms with Crippen LogP contribution in [-0.4, -0.2) is 137 Å². The number of rotatable bonds is 20. The number of aromatic nitrogens is 4. The van der Waals surface area contributed by atoms with Crippen molar-refractivity contribution in [1.82, 2.24) is 19.5 Å². The lowest BCUT2D eigenvalue weighted by Gasteiger charge is -2.17. The molecule has 3 rings (SSSR count). The van der Waals surface area contributed by atoms with Crippen molar-refractivity contribution in [3.8, 4) is 0 Å². The van der Waals surface area contributed by atoms with E-state index in [-0.39, 0.29) is 17.4 Å². The van der Waals surface area contributed by atoms with Gasteiger partial charge in [0.2, 0.25) is 5.28 Å². The second-order valence-electron chi connectivity index (χ2n) is 8.76. The Morgan fingerprint density at radius 3 is 2.17 bits per heavy atom. The average Bonchev–Trinajstić information content (AvgIpc) is 3.45. The first kappa shape index (κ1) is 33.0. The highest BCUT2D eigenvalue weighted by Gasteiger charge is 2.44. The summed E-state index contributed by atoms with van der Waals surface area (Å²) in [7, 11) is -2.68. The number of halogens is 1. The Morgan fingerprint density at radius 1 is 0.975 bits per heavy atom. The molecule has 1 fully saturated rings. The summed E-state index contributed by atoms with van der Waals surface area (Å²) in [5.41, 5.74) is 0.591. The van der Waals surface area contributed by atoms with Gasteiger partial charge in [0.05, 0.1) is 78.1 Å². The SMILES string of the molecule is COCCOCCOCCOCCOCCNc1nc(Cl)nc2c1ncn2[C@@H]1O[C@H](CCP(=O)(O)O)C(O)C1O. The van der Waals surface area contributed by atoms with Gasteiger partial charge in [0.25, 0.3) is 0 Å². The van der Waals surface area contributed by atoms with Crippen molar-refractivity contribution in [3.05, 3.63) is 11.6 Å². The Labute approximate surface area is 236 Å². The molecule has 0 amide bonds. The smallest absolute Gasteiger partial charge is 0.325 e. The Morgan fingerprint density at radius 2 is 1.57 bits per heavy atom. The number of hydrogen-bond acceptors (Lipinski definition) is 13. The van der Waals surface area contributed by atoms with Gasteiger partial charge in [-0.05, 0) is 18.0 Å². The van der Waals surface area contributed by atoms with Crippen LogP contribution >= 0.6 is 19.2 Å². The van der Waals surface area contributed by atoms with Crippen LogP contribution in [0.2, 0.25) is 5.28 Å². The molecule has 1 aliphatic rings. The van der Waals surface area contributed by atoms with Crippen molar-refractivity contribution in [2.45, 2.75) is 31.0 Å². The molecule has 5 N–H and O–H groups in total. The summed E-state index contributed by atoms with van der Waals surface area (Å²) in [5.74, 6) is 0.336. The average molecular weight is 614 g/mol. The van der Waals surface area contributed by atoms with Crippen LogP contribution in [0.1, 0.15) is 12.6 Å². The molecule has 1 aliphatic heterocycles. The summed E-state index contributed by atoms with van der Waals surface area (Å²) < 4.78 is 44.9. The molecule has 0 aromatic carbocycles. The monoisotopic (exact) mass is 613 g/mol. The lowest BCUT2D eigenvalue weighted by molar-refractivity contribution is -0.0355. The molecule has 2 aromatic rings. The number of aliphatic hydroxyl groups excluding tert-OH is 2. The topological polar surface area (TPSA) is 209 Å². The number of aliphatic hydroxyl groups is 2. The van der Waals surface area contributed by atoms with Crippen molar-refractivity contribution in [1.29, 1.82) is 0 Å². The van der Waals surface area contributed by atoms with Crippen LogP contribution in [0.15, 0.2) is 6.33 Å². The van der Waals surface area contributed by atoms with E-state index in [1.54, 1.807) is 7.11 Å². The lowest BCUT2D eigenvalue weighted by atomic mass is 10.1. The van der Waals surface area contributed by atoms with E-state index in [1.165, 1.54) is 10.9 Å². The molecular formula is C22H37ClN5O11P. The number of fused-ring (bicyclic) bond motifs is 1. The van der Waals surface area contributed by atoms with Crippen molar-refractivity contribution in [3.63, 3.8) is 0 Å². The Balaban J connectivity index is 1.39. The Hall–Kier alpha value is -1.53. The number of nitrogens with one attached hydrogen (secondary N) is 1. The molecule has 228 valence electrons. The lowest BCUT2D eigenvalue weighted by Crippen LogP contribution is -2.31. The zero-order valence-corrected chi connectivity index (χ0v) is 23.8. The first-order valence-corrected chi connectivity index (χ1v) is 14.9. The second-order valence-corrected chi connectivity index (χ2v) is 10.9. The highest BCUT2D eigenvalue weighted by molar-refractivity contribution is 7.51. The fourth-order valence-corrected chi connectivity index (χ4v) is 4.59. The van der Waals surface area contributed by atoms with Crippen molar-refractivity contribution >= 4 is 36.2 Å². The largest absolute Gasteiger partial charge is 0.388 e. The standard InChI is InChI=1S/C22H37ClN5O11P/c1-34-5-6-36-9-10-38-12-11-37-8-7-35-4-3-24-19-16-20(27-22(23)26-19)28(14-25-16)21-18(30)17(29)15(39-21)2-13-40(31,32)33/h14-15,17-18,21,29-30H,2-13H2,1H3,(H,24,26,27)(H2,31,32,33)/t15-,17?,18?,21-/m1/s1. The van der Waals surface area contributed by atoms with Crippen LogP contribution in [0.5, 0.6) is 0 Å². The van der Waals surface area contributed by atoms with Crippen LogP contribution in [0.3, 0.4) is 0 Å². The molecule has 40 heavy (non-hydrogen) atoms. The van der Waals surface area contributed by atoms with Crippen molar-refractivity contribution in [2.24, 2.45) is 0 Å². The maximum absolute atomic E-state index is 11.2. The molecule has 0 aliphatic carbocycles. The summed E-state index contributed by atoms with van der Waals surface area (Å²) in [5, 5.41) is 23.9. The highest BCUT2D eigenvalue weighted by Crippen LogP contribution is 2.39. The van der Waals surface area contributed by atoms with E-state index in [2.05, 4.69) is 20.3 Å². The van der Waals surface area contributed by atoms with Gasteiger partial charge in [-0.25, -0.2) is 4.98 Å². The van der Waals surface area contributed by atoms with Crippen LogP contribution in [0.25, 0.3) is 11.2 Å². The number of anilines is 1. The fraction of sp³-hybridized carbons (Fsp3) is 0.773. The highest BCUT2D eigenvalue weighted by atomic mass is 35.5. The number of nitrogens with zero attached hydrogens (tertiary/aromatic N) is 4. The molecule has 0 radical (unpaired) electrons. The predicted octanol–water partition coefficient (Wildman–Crippen LogP) is -0.209. The molecule has 0 saturated carbocycles. The first-order valence-electron chi connectivity index (χ1n) is 12.7. The summed E-state index contributed by atoms with van der Waals surface area (Å²) in [4.78, 5) is 30.9. The molecule has 0 spiro atoms. The normalized spacial score (nSPS) is 21.4. The van der Waals surface area contributed by atoms with Crippen LogP contribution < -0.4 is 5.32 Å². The zero-order valence-electron chi connectivity index (χ0n) is 22.1. The van der Waals surface area contributed by atoms with Crippen molar-refractivity contribution < 1.29 is 53.0 Å². The van der Waals surface area contributed by atoms with Gasteiger partial charge in [0.15, 0.2) is 23.2 Å².